The maximum atomic E-state index is 11.9. The number of ether oxygens (including phenoxy) is 4. The van der Waals surface area contributed by atoms with Gasteiger partial charge in [0.1, 0.15) is 11.3 Å². The Bertz CT molecular complexity index is 751. The molecule has 1 aliphatic heterocycles. The third-order valence-corrected chi connectivity index (χ3v) is 3.60. The Labute approximate surface area is 146 Å². The van der Waals surface area contributed by atoms with Crippen LogP contribution in [0, 0.1) is 0 Å². The molecule has 7 heteroatoms. The van der Waals surface area contributed by atoms with E-state index in [-0.39, 0.29) is 23.6 Å². The van der Waals surface area contributed by atoms with E-state index in [0.717, 1.165) is 0 Å². The molecule has 0 spiro atoms. The molecule has 0 fully saturated rings. The van der Waals surface area contributed by atoms with Gasteiger partial charge in [-0.15, -0.1) is 0 Å². The van der Waals surface area contributed by atoms with E-state index in [2.05, 4.69) is 4.99 Å². The number of hydrogen-bond acceptors (Lipinski definition) is 7. The first-order valence-corrected chi connectivity index (χ1v) is 7.64. The molecular formula is C18H21NO6. The second-order valence-electron chi connectivity index (χ2n) is 5.13. The molecule has 0 unspecified atom stereocenters. The van der Waals surface area contributed by atoms with Gasteiger partial charge in [0, 0.05) is 0 Å². The highest BCUT2D eigenvalue weighted by atomic mass is 16.5. The Balaban J connectivity index is 2.49. The second kappa shape index (κ2) is 7.74. The number of aliphatic hydroxyl groups is 1. The Kier molecular flexibility index (Phi) is 5.69. The van der Waals surface area contributed by atoms with Crippen LogP contribution in [-0.2, 0) is 9.53 Å². The number of methoxy groups -OCH3 is 3. The van der Waals surface area contributed by atoms with Gasteiger partial charge in [-0.1, -0.05) is 0 Å². The highest BCUT2D eigenvalue weighted by Gasteiger charge is 2.27. The lowest BCUT2D eigenvalue weighted by molar-refractivity contribution is -0.138. The van der Waals surface area contributed by atoms with Crippen molar-refractivity contribution in [1.82, 2.24) is 0 Å². The Morgan fingerprint density at radius 1 is 1.16 bits per heavy atom. The van der Waals surface area contributed by atoms with E-state index in [9.17, 15) is 9.90 Å². The van der Waals surface area contributed by atoms with E-state index in [4.69, 9.17) is 18.9 Å². The third kappa shape index (κ3) is 3.60. The van der Waals surface area contributed by atoms with Gasteiger partial charge in [0.15, 0.2) is 17.3 Å². The summed E-state index contributed by atoms with van der Waals surface area (Å²) in [7, 11) is 4.55. The topological polar surface area (TPSA) is 86.6 Å². The van der Waals surface area contributed by atoms with Gasteiger partial charge in [-0.2, -0.15) is 0 Å². The fourth-order valence-corrected chi connectivity index (χ4v) is 2.48. The smallest absolute Gasteiger partial charge is 0.343 e. The number of hydrogen-bond donors (Lipinski definition) is 1. The van der Waals surface area contributed by atoms with Crippen molar-refractivity contribution >= 4 is 17.8 Å². The highest BCUT2D eigenvalue weighted by molar-refractivity contribution is 6.22. The molecule has 0 radical (unpaired) electrons. The fraction of sp³-hybridized carbons (Fsp3) is 0.333. The zero-order valence-corrected chi connectivity index (χ0v) is 14.9. The molecule has 1 aromatic carbocycles. The number of carbonyl (C=O) groups excluding carboxylic acids is 1. The lowest BCUT2D eigenvalue weighted by Crippen LogP contribution is -2.13. The number of esters is 1. The summed E-state index contributed by atoms with van der Waals surface area (Å²) >= 11 is 0. The van der Waals surface area contributed by atoms with Gasteiger partial charge in [-0.05, 0) is 37.6 Å². The number of nitrogens with zero attached hydrogens (tertiary/aromatic N) is 1. The average Bonchev–Trinajstić information content (AvgIpc) is 2.87. The van der Waals surface area contributed by atoms with Crippen LogP contribution in [0.25, 0.3) is 6.08 Å². The van der Waals surface area contributed by atoms with Gasteiger partial charge in [0.05, 0.1) is 33.6 Å². The summed E-state index contributed by atoms with van der Waals surface area (Å²) in [6.45, 7) is 3.55. The number of aliphatic imine (C=N–C) groups is 1. The molecule has 134 valence electrons. The molecule has 1 aromatic rings. The number of benzene rings is 1. The van der Waals surface area contributed by atoms with Crippen molar-refractivity contribution in [2.75, 3.05) is 27.9 Å². The van der Waals surface area contributed by atoms with Crippen LogP contribution in [0.4, 0.5) is 0 Å². The van der Waals surface area contributed by atoms with Crippen LogP contribution in [0.3, 0.4) is 0 Å². The first-order chi connectivity index (χ1) is 12.0. The maximum Gasteiger partial charge on any atom is 0.343 e. The number of carbonyl (C=O) groups is 1. The predicted octanol–water partition coefficient (Wildman–Crippen LogP) is 2.90. The number of rotatable bonds is 6. The van der Waals surface area contributed by atoms with Gasteiger partial charge in [-0.25, -0.2) is 9.79 Å². The molecule has 0 amide bonds. The standard InChI is InChI=1S/C18H21NO6/c1-6-25-18(21)15-10(2)19-12(16(15)20)7-11-8-13(22-3)17(24-5)14(9-11)23-4/h7-9,20H,6H2,1-5H3. The zero-order valence-electron chi connectivity index (χ0n) is 14.9. The van der Waals surface area contributed by atoms with E-state index in [0.29, 0.717) is 28.5 Å². The summed E-state index contributed by atoms with van der Waals surface area (Å²) in [4.78, 5) is 16.2. The second-order valence-corrected chi connectivity index (χ2v) is 5.13. The van der Waals surface area contributed by atoms with Gasteiger partial charge >= 0.3 is 5.97 Å². The molecule has 0 atom stereocenters. The summed E-state index contributed by atoms with van der Waals surface area (Å²) in [5.41, 5.74) is 1.39. The van der Waals surface area contributed by atoms with E-state index >= 15 is 0 Å². The zero-order chi connectivity index (χ0) is 18.6. The van der Waals surface area contributed by atoms with Crippen LogP contribution in [-0.4, -0.2) is 44.7 Å². The summed E-state index contributed by atoms with van der Waals surface area (Å²) in [5, 5.41) is 10.3. The van der Waals surface area contributed by atoms with Crippen LogP contribution in [0.1, 0.15) is 19.4 Å². The van der Waals surface area contributed by atoms with E-state index in [1.54, 1.807) is 32.1 Å². The highest BCUT2D eigenvalue weighted by Crippen LogP contribution is 2.39. The SMILES string of the molecule is CCOC(=O)C1=C(O)C(=Cc2cc(OC)c(OC)c(OC)c2)N=C1C. The molecule has 0 aliphatic carbocycles. The monoisotopic (exact) mass is 347 g/mol. The molecule has 0 saturated carbocycles. The molecule has 1 heterocycles. The minimum absolute atomic E-state index is 0.0699. The largest absolute Gasteiger partial charge is 0.505 e. The molecular weight excluding hydrogens is 326 g/mol. The first kappa shape index (κ1) is 18.4. The molecule has 2 rings (SSSR count). The van der Waals surface area contributed by atoms with E-state index in [1.807, 2.05) is 0 Å². The maximum absolute atomic E-state index is 11.9. The average molecular weight is 347 g/mol. The third-order valence-electron chi connectivity index (χ3n) is 3.60. The summed E-state index contributed by atoms with van der Waals surface area (Å²) in [6.07, 6.45) is 1.62. The lowest BCUT2D eigenvalue weighted by Gasteiger charge is -2.13. The Morgan fingerprint density at radius 3 is 2.24 bits per heavy atom. The molecule has 1 N–H and O–H groups in total. The molecule has 7 nitrogen and oxygen atoms in total. The van der Waals surface area contributed by atoms with Crippen LogP contribution in [0.15, 0.2) is 34.2 Å². The molecule has 1 aliphatic rings. The predicted molar refractivity (Wildman–Crippen MR) is 93.5 cm³/mol. The lowest BCUT2D eigenvalue weighted by atomic mass is 10.1. The molecule has 0 bridgehead atoms. The van der Waals surface area contributed by atoms with Gasteiger partial charge in [-0.3, -0.25) is 0 Å². The Hall–Kier alpha value is -2.96. The molecule has 0 aromatic heterocycles. The fourth-order valence-electron chi connectivity index (χ4n) is 2.48. The Morgan fingerprint density at radius 2 is 1.76 bits per heavy atom. The van der Waals surface area contributed by atoms with Crippen molar-refractivity contribution < 1.29 is 28.8 Å². The van der Waals surface area contributed by atoms with Crippen molar-refractivity contribution in [2.24, 2.45) is 4.99 Å². The summed E-state index contributed by atoms with van der Waals surface area (Å²) in [6, 6.07) is 3.43. The molecule has 25 heavy (non-hydrogen) atoms. The normalized spacial score (nSPS) is 15.2. The minimum atomic E-state index is -0.602. The minimum Gasteiger partial charge on any atom is -0.505 e. The summed E-state index contributed by atoms with van der Waals surface area (Å²) in [5.74, 6) is 0.590. The van der Waals surface area contributed by atoms with E-state index < -0.39 is 5.97 Å². The van der Waals surface area contributed by atoms with Crippen molar-refractivity contribution in [3.63, 3.8) is 0 Å². The van der Waals surface area contributed by atoms with Crippen molar-refractivity contribution in [2.45, 2.75) is 13.8 Å². The summed E-state index contributed by atoms with van der Waals surface area (Å²) < 4.78 is 20.8. The first-order valence-electron chi connectivity index (χ1n) is 7.64. The van der Waals surface area contributed by atoms with Gasteiger partial charge in [0.2, 0.25) is 5.75 Å². The number of aliphatic hydroxyl groups excluding tert-OH is 1. The van der Waals surface area contributed by atoms with Crippen molar-refractivity contribution in [3.05, 3.63) is 34.7 Å². The quantitative estimate of drug-likeness (QED) is 0.796. The van der Waals surface area contributed by atoms with Crippen LogP contribution >= 0.6 is 0 Å². The van der Waals surface area contributed by atoms with Crippen LogP contribution < -0.4 is 14.2 Å². The molecule has 0 saturated heterocycles. The van der Waals surface area contributed by atoms with E-state index in [1.165, 1.54) is 21.3 Å². The van der Waals surface area contributed by atoms with Crippen molar-refractivity contribution in [1.29, 1.82) is 0 Å². The van der Waals surface area contributed by atoms with Gasteiger partial charge < -0.3 is 24.1 Å². The van der Waals surface area contributed by atoms with Gasteiger partial charge in [0.25, 0.3) is 0 Å². The van der Waals surface area contributed by atoms with Crippen LogP contribution in [0.5, 0.6) is 17.2 Å². The van der Waals surface area contributed by atoms with Crippen molar-refractivity contribution in [3.8, 4) is 17.2 Å². The van der Waals surface area contributed by atoms with Crippen LogP contribution in [0.2, 0.25) is 0 Å².